The first-order valence-corrected chi connectivity index (χ1v) is 11.5. The topological polar surface area (TPSA) is 3.24 Å². The molecule has 0 atom stereocenters. The van der Waals surface area contributed by atoms with E-state index in [4.69, 9.17) is 0 Å². The molecule has 4 rings (SSSR count). The highest BCUT2D eigenvalue weighted by Crippen LogP contribution is 2.33. The van der Waals surface area contributed by atoms with E-state index in [1.165, 1.54) is 98.1 Å². The second-order valence-corrected chi connectivity index (χ2v) is 8.71. The van der Waals surface area contributed by atoms with E-state index in [1.54, 1.807) is 0 Å². The highest BCUT2D eigenvalue weighted by Gasteiger charge is 2.19. The summed E-state index contributed by atoms with van der Waals surface area (Å²) in [5, 5.41) is 5.49. The summed E-state index contributed by atoms with van der Waals surface area (Å²) in [6.07, 6.45) is 12.4. The summed E-state index contributed by atoms with van der Waals surface area (Å²) in [5.41, 5.74) is 1.45. The predicted molar refractivity (Wildman–Crippen MR) is 124 cm³/mol. The van der Waals surface area contributed by atoms with Gasteiger partial charge in [0.1, 0.15) is 0 Å². The second kappa shape index (κ2) is 9.45. The summed E-state index contributed by atoms with van der Waals surface area (Å²) in [7, 11) is 0. The molecule has 0 saturated heterocycles. The first-order chi connectivity index (χ1) is 13.8. The molecule has 0 unspecified atom stereocenters. The van der Waals surface area contributed by atoms with Gasteiger partial charge in [0.2, 0.25) is 0 Å². The Hall–Kier alpha value is -2.02. The maximum atomic E-state index is 2.72. The molecule has 0 amide bonds. The Morgan fingerprint density at radius 2 is 1.54 bits per heavy atom. The maximum absolute atomic E-state index is 2.72. The van der Waals surface area contributed by atoms with E-state index in [0.717, 1.165) is 5.92 Å². The SMILES string of the molecule is CCCCCCN(CC1CCCCC1)c1cccc2cc3ccccc3cc12. The highest BCUT2D eigenvalue weighted by molar-refractivity contribution is 6.03. The van der Waals surface area contributed by atoms with Crippen LogP contribution < -0.4 is 4.90 Å². The Morgan fingerprint density at radius 3 is 2.32 bits per heavy atom. The van der Waals surface area contributed by atoms with Gasteiger partial charge in [-0.05, 0) is 59.5 Å². The van der Waals surface area contributed by atoms with Crippen LogP contribution in [0.3, 0.4) is 0 Å². The lowest BCUT2D eigenvalue weighted by Gasteiger charge is -2.32. The zero-order valence-electron chi connectivity index (χ0n) is 17.5. The number of rotatable bonds is 8. The van der Waals surface area contributed by atoms with Crippen molar-refractivity contribution in [1.82, 2.24) is 0 Å². The minimum Gasteiger partial charge on any atom is -0.371 e. The third-order valence-corrected chi connectivity index (χ3v) is 6.55. The summed E-state index contributed by atoms with van der Waals surface area (Å²) in [6.45, 7) is 4.73. The van der Waals surface area contributed by atoms with Gasteiger partial charge >= 0.3 is 0 Å². The van der Waals surface area contributed by atoms with Crippen molar-refractivity contribution >= 4 is 27.2 Å². The van der Waals surface area contributed by atoms with Gasteiger partial charge in [-0.25, -0.2) is 0 Å². The molecule has 1 aliphatic carbocycles. The Kier molecular flexibility index (Phi) is 6.52. The van der Waals surface area contributed by atoms with Crippen molar-refractivity contribution in [2.75, 3.05) is 18.0 Å². The quantitative estimate of drug-likeness (QED) is 0.286. The van der Waals surface area contributed by atoms with Crippen LogP contribution >= 0.6 is 0 Å². The van der Waals surface area contributed by atoms with Crippen LogP contribution in [-0.2, 0) is 0 Å². The largest absolute Gasteiger partial charge is 0.371 e. The van der Waals surface area contributed by atoms with Crippen LogP contribution in [0.15, 0.2) is 54.6 Å². The fourth-order valence-corrected chi connectivity index (χ4v) is 4.95. The molecule has 1 heteroatoms. The Morgan fingerprint density at radius 1 is 0.786 bits per heavy atom. The molecule has 28 heavy (non-hydrogen) atoms. The fraction of sp³-hybridized carbons (Fsp3) is 0.481. The number of anilines is 1. The lowest BCUT2D eigenvalue weighted by molar-refractivity contribution is 0.357. The minimum absolute atomic E-state index is 0.871. The monoisotopic (exact) mass is 373 g/mol. The Balaban J connectivity index is 1.66. The Labute approximate surface area is 170 Å². The molecule has 0 bridgehead atoms. The summed E-state index contributed by atoms with van der Waals surface area (Å²) in [4.78, 5) is 2.72. The van der Waals surface area contributed by atoms with Gasteiger partial charge < -0.3 is 4.90 Å². The zero-order valence-corrected chi connectivity index (χ0v) is 17.5. The van der Waals surface area contributed by atoms with E-state index in [0.29, 0.717) is 0 Å². The molecule has 1 fully saturated rings. The average Bonchev–Trinajstić information content (AvgIpc) is 2.75. The van der Waals surface area contributed by atoms with Crippen molar-refractivity contribution in [3.05, 3.63) is 54.6 Å². The van der Waals surface area contributed by atoms with Crippen LogP contribution in [0.1, 0.15) is 64.7 Å². The van der Waals surface area contributed by atoms with Crippen LogP contribution in [0.5, 0.6) is 0 Å². The predicted octanol–water partition coefficient (Wildman–Crippen LogP) is 7.96. The highest BCUT2D eigenvalue weighted by atomic mass is 15.1. The molecule has 0 radical (unpaired) electrons. The van der Waals surface area contributed by atoms with Crippen molar-refractivity contribution in [1.29, 1.82) is 0 Å². The minimum atomic E-state index is 0.871. The molecule has 1 aliphatic rings. The van der Waals surface area contributed by atoms with Gasteiger partial charge in [0.25, 0.3) is 0 Å². The standard InChI is InChI=1S/C27H35N/c1-2-3-4-10-18-28(21-22-12-6-5-7-13-22)27-17-11-16-25-19-23-14-8-9-15-24(23)20-26(25)27/h8-9,11,14-17,19-20,22H,2-7,10,12-13,18,21H2,1H3. The normalized spacial score (nSPS) is 15.3. The lowest BCUT2D eigenvalue weighted by atomic mass is 9.88. The molecular formula is C27H35N. The van der Waals surface area contributed by atoms with Crippen LogP contribution in [-0.4, -0.2) is 13.1 Å². The fourth-order valence-electron chi connectivity index (χ4n) is 4.95. The van der Waals surface area contributed by atoms with Crippen molar-refractivity contribution < 1.29 is 0 Å². The average molecular weight is 374 g/mol. The summed E-state index contributed by atoms with van der Waals surface area (Å²) < 4.78 is 0. The van der Waals surface area contributed by atoms with Crippen LogP contribution in [0.4, 0.5) is 5.69 Å². The smallest absolute Gasteiger partial charge is 0.0446 e. The molecule has 3 aromatic rings. The number of nitrogens with zero attached hydrogens (tertiary/aromatic N) is 1. The zero-order chi connectivity index (χ0) is 19.2. The summed E-state index contributed by atoms with van der Waals surface area (Å²) >= 11 is 0. The molecule has 0 spiro atoms. The van der Waals surface area contributed by atoms with Crippen molar-refractivity contribution in [3.63, 3.8) is 0 Å². The molecular weight excluding hydrogens is 338 g/mol. The van der Waals surface area contributed by atoms with Crippen LogP contribution in [0.25, 0.3) is 21.5 Å². The van der Waals surface area contributed by atoms with Gasteiger partial charge in [-0.15, -0.1) is 0 Å². The van der Waals surface area contributed by atoms with Gasteiger partial charge in [-0.1, -0.05) is 81.8 Å². The first kappa shape index (κ1) is 19.3. The molecule has 1 nitrogen and oxygen atoms in total. The van der Waals surface area contributed by atoms with E-state index in [-0.39, 0.29) is 0 Å². The molecule has 148 valence electrons. The third-order valence-electron chi connectivity index (χ3n) is 6.55. The second-order valence-electron chi connectivity index (χ2n) is 8.71. The molecule has 0 N–H and O–H groups in total. The van der Waals surface area contributed by atoms with E-state index in [1.807, 2.05) is 0 Å². The van der Waals surface area contributed by atoms with Gasteiger partial charge in [-0.3, -0.25) is 0 Å². The van der Waals surface area contributed by atoms with E-state index >= 15 is 0 Å². The summed E-state index contributed by atoms with van der Waals surface area (Å²) in [6, 6.07) is 20.4. The number of fused-ring (bicyclic) bond motifs is 2. The maximum Gasteiger partial charge on any atom is 0.0446 e. The number of unbranched alkanes of at least 4 members (excludes halogenated alkanes) is 3. The van der Waals surface area contributed by atoms with Crippen molar-refractivity contribution in [2.45, 2.75) is 64.7 Å². The van der Waals surface area contributed by atoms with Gasteiger partial charge in [-0.2, -0.15) is 0 Å². The lowest BCUT2D eigenvalue weighted by Crippen LogP contribution is -2.31. The van der Waals surface area contributed by atoms with Crippen molar-refractivity contribution in [2.24, 2.45) is 5.92 Å². The van der Waals surface area contributed by atoms with E-state index in [9.17, 15) is 0 Å². The van der Waals surface area contributed by atoms with Crippen molar-refractivity contribution in [3.8, 4) is 0 Å². The number of hydrogen-bond donors (Lipinski definition) is 0. The van der Waals surface area contributed by atoms with Gasteiger partial charge in [0.15, 0.2) is 0 Å². The van der Waals surface area contributed by atoms with E-state index in [2.05, 4.69) is 66.4 Å². The third kappa shape index (κ3) is 4.51. The molecule has 1 saturated carbocycles. The number of benzene rings is 3. The summed E-state index contributed by atoms with van der Waals surface area (Å²) in [5.74, 6) is 0.871. The van der Waals surface area contributed by atoms with Gasteiger partial charge in [0.05, 0.1) is 0 Å². The molecule has 0 heterocycles. The van der Waals surface area contributed by atoms with E-state index < -0.39 is 0 Å². The van der Waals surface area contributed by atoms with Crippen LogP contribution in [0, 0.1) is 5.92 Å². The molecule has 3 aromatic carbocycles. The number of hydrogen-bond acceptors (Lipinski definition) is 1. The molecule has 0 aromatic heterocycles. The molecule has 0 aliphatic heterocycles. The van der Waals surface area contributed by atoms with Gasteiger partial charge in [0, 0.05) is 24.2 Å². The van der Waals surface area contributed by atoms with Crippen LogP contribution in [0.2, 0.25) is 0 Å². The first-order valence-electron chi connectivity index (χ1n) is 11.5. The Bertz CT molecular complexity index is 891.